The second-order valence-corrected chi connectivity index (χ2v) is 7.14. The largest absolute Gasteiger partial charge is 0.359 e. The van der Waals surface area contributed by atoms with Crippen LogP contribution in [0.4, 0.5) is 0 Å². The number of amides is 1. The molecule has 3 N–H and O–H groups in total. The van der Waals surface area contributed by atoms with E-state index in [0.29, 0.717) is 19.0 Å². The van der Waals surface area contributed by atoms with Gasteiger partial charge < -0.3 is 16.0 Å². The van der Waals surface area contributed by atoms with Crippen LogP contribution < -0.4 is 16.0 Å². The van der Waals surface area contributed by atoms with Gasteiger partial charge in [-0.05, 0) is 25.0 Å². The predicted molar refractivity (Wildman–Crippen MR) is 112 cm³/mol. The number of carbonyl (C=O) groups is 1. The van der Waals surface area contributed by atoms with Gasteiger partial charge in [0.1, 0.15) is 0 Å². The minimum Gasteiger partial charge on any atom is -0.359 e. The molecule has 0 aromatic heterocycles. The van der Waals surface area contributed by atoms with E-state index in [1.54, 1.807) is 14.1 Å². The summed E-state index contributed by atoms with van der Waals surface area (Å²) in [6.45, 7) is 5.01. The summed E-state index contributed by atoms with van der Waals surface area (Å²) in [4.78, 5) is 16.3. The fourth-order valence-electron chi connectivity index (χ4n) is 2.94. The fraction of sp³-hybridized carbons (Fsp3) is 0.364. The van der Waals surface area contributed by atoms with Crippen molar-refractivity contribution in [2.75, 3.05) is 27.2 Å². The lowest BCUT2D eigenvalue weighted by Gasteiger charge is -2.25. The van der Waals surface area contributed by atoms with Crippen LogP contribution >= 0.6 is 0 Å². The van der Waals surface area contributed by atoms with Gasteiger partial charge in [0.25, 0.3) is 0 Å². The summed E-state index contributed by atoms with van der Waals surface area (Å²) < 4.78 is 0. The van der Waals surface area contributed by atoms with Crippen molar-refractivity contribution in [1.29, 1.82) is 0 Å². The molecule has 0 unspecified atom stereocenters. The molecule has 0 atom stereocenters. The maximum Gasteiger partial charge on any atom is 0.227 e. The van der Waals surface area contributed by atoms with Crippen molar-refractivity contribution >= 4 is 11.9 Å². The van der Waals surface area contributed by atoms with Crippen LogP contribution in [0.1, 0.15) is 30.9 Å². The molecule has 144 valence electrons. The molecule has 0 saturated heterocycles. The molecule has 27 heavy (non-hydrogen) atoms. The predicted octanol–water partition coefficient (Wildman–Crippen LogP) is 2.76. The highest BCUT2D eigenvalue weighted by molar-refractivity contribution is 5.84. The Labute approximate surface area is 162 Å². The molecule has 0 saturated carbocycles. The molecule has 2 aromatic rings. The van der Waals surface area contributed by atoms with Gasteiger partial charge in [-0.1, -0.05) is 60.7 Å². The van der Waals surface area contributed by atoms with E-state index in [0.717, 1.165) is 0 Å². The standard InChI is InChI=1S/C22H30N4O/c1-22(2,20(27)23-3)16-26-21(24-4)25-15-19(17-11-7-5-8-12-17)18-13-9-6-10-14-18/h5-14,19H,15-16H2,1-4H3,(H,23,27)(H2,24,25,26). The van der Waals surface area contributed by atoms with Crippen LogP contribution in [0.2, 0.25) is 0 Å². The molecule has 5 heteroatoms. The first-order valence-corrected chi connectivity index (χ1v) is 9.24. The number of hydrogen-bond donors (Lipinski definition) is 3. The summed E-state index contributed by atoms with van der Waals surface area (Å²) in [5.74, 6) is 0.888. The van der Waals surface area contributed by atoms with Gasteiger partial charge in [0.15, 0.2) is 5.96 Å². The van der Waals surface area contributed by atoms with Crippen LogP contribution in [-0.4, -0.2) is 39.1 Å². The molecule has 0 aliphatic rings. The average Bonchev–Trinajstić information content (AvgIpc) is 2.71. The maximum atomic E-state index is 12.0. The van der Waals surface area contributed by atoms with Crippen LogP contribution in [0.25, 0.3) is 0 Å². The lowest BCUT2D eigenvalue weighted by Crippen LogP contribution is -2.47. The first kappa shape index (κ1) is 20.5. The number of guanidine groups is 1. The number of hydrogen-bond acceptors (Lipinski definition) is 2. The third-order valence-electron chi connectivity index (χ3n) is 4.64. The Morgan fingerprint density at radius 2 is 1.48 bits per heavy atom. The van der Waals surface area contributed by atoms with Crippen LogP contribution in [-0.2, 0) is 4.79 Å². The lowest BCUT2D eigenvalue weighted by atomic mass is 9.91. The van der Waals surface area contributed by atoms with E-state index in [2.05, 4.69) is 69.5 Å². The molecule has 0 aliphatic carbocycles. The summed E-state index contributed by atoms with van der Waals surface area (Å²) in [5, 5.41) is 9.37. The Morgan fingerprint density at radius 1 is 0.963 bits per heavy atom. The Bertz CT molecular complexity index is 702. The molecule has 1 amide bonds. The summed E-state index contributed by atoms with van der Waals surface area (Å²) >= 11 is 0. The molecule has 0 aliphatic heterocycles. The highest BCUT2D eigenvalue weighted by Gasteiger charge is 2.26. The summed E-state index contributed by atoms with van der Waals surface area (Å²) in [7, 11) is 3.39. The second kappa shape index (κ2) is 9.76. The fourth-order valence-corrected chi connectivity index (χ4v) is 2.94. The van der Waals surface area contributed by atoms with E-state index < -0.39 is 5.41 Å². The first-order valence-electron chi connectivity index (χ1n) is 9.24. The van der Waals surface area contributed by atoms with Crippen LogP contribution in [0.5, 0.6) is 0 Å². The normalized spacial score (nSPS) is 12.0. The second-order valence-electron chi connectivity index (χ2n) is 7.14. The Hall–Kier alpha value is -2.82. The molecule has 0 spiro atoms. The SMILES string of the molecule is CN=C(NCC(c1ccccc1)c1ccccc1)NCC(C)(C)C(=O)NC. The zero-order chi connectivity index (χ0) is 19.7. The van der Waals surface area contributed by atoms with Gasteiger partial charge >= 0.3 is 0 Å². The smallest absolute Gasteiger partial charge is 0.227 e. The molecule has 0 fully saturated rings. The van der Waals surface area contributed by atoms with Gasteiger partial charge in [-0.2, -0.15) is 0 Å². The van der Waals surface area contributed by atoms with E-state index >= 15 is 0 Å². The number of nitrogens with one attached hydrogen (secondary N) is 3. The van der Waals surface area contributed by atoms with Crippen LogP contribution in [0.15, 0.2) is 65.7 Å². The molecule has 5 nitrogen and oxygen atoms in total. The lowest BCUT2D eigenvalue weighted by molar-refractivity contribution is -0.128. The van der Waals surface area contributed by atoms with Crippen molar-refractivity contribution in [2.45, 2.75) is 19.8 Å². The topological polar surface area (TPSA) is 65.5 Å². The Kier molecular flexibility index (Phi) is 7.41. The summed E-state index contributed by atoms with van der Waals surface area (Å²) in [6, 6.07) is 20.9. The minimum absolute atomic E-state index is 0.00287. The van der Waals surface area contributed by atoms with E-state index in [-0.39, 0.29) is 11.8 Å². The average molecular weight is 367 g/mol. The molecule has 0 bridgehead atoms. The molecule has 2 rings (SSSR count). The van der Waals surface area contributed by atoms with Crippen molar-refractivity contribution in [3.8, 4) is 0 Å². The van der Waals surface area contributed by atoms with E-state index in [9.17, 15) is 4.79 Å². The third kappa shape index (κ3) is 5.84. The van der Waals surface area contributed by atoms with Gasteiger partial charge in [0.05, 0.1) is 5.41 Å². The highest BCUT2D eigenvalue weighted by atomic mass is 16.2. The van der Waals surface area contributed by atoms with Gasteiger partial charge in [-0.3, -0.25) is 9.79 Å². The van der Waals surface area contributed by atoms with Crippen molar-refractivity contribution in [2.24, 2.45) is 10.4 Å². The van der Waals surface area contributed by atoms with Crippen LogP contribution in [0, 0.1) is 5.41 Å². The Morgan fingerprint density at radius 3 is 1.93 bits per heavy atom. The number of rotatable bonds is 7. The quantitative estimate of drug-likeness (QED) is 0.521. The number of carbonyl (C=O) groups excluding carboxylic acids is 1. The minimum atomic E-state index is -0.523. The number of benzene rings is 2. The number of aliphatic imine (C=N–C) groups is 1. The molecular weight excluding hydrogens is 336 g/mol. The zero-order valence-corrected chi connectivity index (χ0v) is 16.6. The molecule has 0 radical (unpaired) electrons. The zero-order valence-electron chi connectivity index (χ0n) is 16.6. The van der Waals surface area contributed by atoms with Gasteiger partial charge in [0, 0.05) is 33.1 Å². The van der Waals surface area contributed by atoms with Crippen LogP contribution in [0.3, 0.4) is 0 Å². The number of nitrogens with zero attached hydrogens (tertiary/aromatic N) is 1. The maximum absolute atomic E-state index is 12.0. The first-order chi connectivity index (χ1) is 13.0. The van der Waals surface area contributed by atoms with E-state index in [1.807, 2.05) is 26.0 Å². The molecular formula is C22H30N4O. The summed E-state index contributed by atoms with van der Waals surface area (Å²) in [6.07, 6.45) is 0. The third-order valence-corrected chi connectivity index (χ3v) is 4.64. The van der Waals surface area contributed by atoms with Crippen molar-refractivity contribution in [1.82, 2.24) is 16.0 Å². The van der Waals surface area contributed by atoms with E-state index in [1.165, 1.54) is 11.1 Å². The van der Waals surface area contributed by atoms with Gasteiger partial charge in [0.2, 0.25) is 5.91 Å². The highest BCUT2D eigenvalue weighted by Crippen LogP contribution is 2.23. The van der Waals surface area contributed by atoms with Crippen molar-refractivity contribution in [3.05, 3.63) is 71.8 Å². The monoisotopic (exact) mass is 366 g/mol. The van der Waals surface area contributed by atoms with Crippen molar-refractivity contribution < 1.29 is 4.79 Å². The molecule has 0 heterocycles. The van der Waals surface area contributed by atoms with Gasteiger partial charge in [-0.25, -0.2) is 0 Å². The van der Waals surface area contributed by atoms with Crippen molar-refractivity contribution in [3.63, 3.8) is 0 Å². The van der Waals surface area contributed by atoms with E-state index in [4.69, 9.17) is 0 Å². The Balaban J connectivity index is 2.06. The molecule has 2 aromatic carbocycles. The van der Waals surface area contributed by atoms with Gasteiger partial charge in [-0.15, -0.1) is 0 Å². The summed E-state index contributed by atoms with van der Waals surface area (Å²) in [5.41, 5.74) is 1.97.